The zero-order valence-corrected chi connectivity index (χ0v) is 11.6. The Morgan fingerprint density at radius 3 is 2.80 bits per heavy atom. The van der Waals surface area contributed by atoms with Crippen LogP contribution in [0.4, 0.5) is 0 Å². The molecule has 0 saturated carbocycles. The molecule has 2 atom stereocenters. The van der Waals surface area contributed by atoms with Crippen molar-refractivity contribution in [1.82, 2.24) is 9.88 Å². The highest BCUT2D eigenvalue weighted by molar-refractivity contribution is 5.87. The monoisotopic (exact) mass is 273 g/mol. The molecule has 5 heteroatoms. The summed E-state index contributed by atoms with van der Waals surface area (Å²) in [6.45, 7) is 2.83. The van der Waals surface area contributed by atoms with E-state index in [4.69, 9.17) is 0 Å². The van der Waals surface area contributed by atoms with Crippen LogP contribution < -0.4 is 0 Å². The van der Waals surface area contributed by atoms with Crippen LogP contribution in [-0.4, -0.2) is 51.9 Å². The van der Waals surface area contributed by atoms with Crippen LogP contribution in [0.25, 0.3) is 10.9 Å². The van der Waals surface area contributed by atoms with Crippen molar-refractivity contribution in [3.63, 3.8) is 0 Å². The van der Waals surface area contributed by atoms with Crippen molar-refractivity contribution >= 4 is 16.7 Å². The molecule has 3 rings (SSSR count). The van der Waals surface area contributed by atoms with Crippen LogP contribution in [0.3, 0.4) is 0 Å². The lowest BCUT2D eigenvalue weighted by atomic mass is 9.93. The summed E-state index contributed by atoms with van der Waals surface area (Å²) in [5, 5.41) is 19.8. The number of benzene rings is 1. The summed E-state index contributed by atoms with van der Waals surface area (Å²) in [6, 6.07) is 8.23. The van der Waals surface area contributed by atoms with Gasteiger partial charge in [-0.2, -0.15) is 0 Å². The van der Waals surface area contributed by atoms with Crippen molar-refractivity contribution in [2.75, 3.05) is 13.6 Å². The highest BCUT2D eigenvalue weighted by atomic mass is 16.5. The van der Waals surface area contributed by atoms with Gasteiger partial charge in [0, 0.05) is 36.6 Å². The number of likely N-dealkylation sites (N-methyl/N-ethyl adjacent to an activating group) is 1. The maximum atomic E-state index is 9.30. The Bertz CT molecular complexity index is 647. The van der Waals surface area contributed by atoms with E-state index in [1.807, 2.05) is 25.4 Å². The van der Waals surface area contributed by atoms with E-state index in [1.54, 1.807) is 4.90 Å². The Morgan fingerprint density at radius 2 is 2.10 bits per heavy atom. The predicted octanol–water partition coefficient (Wildman–Crippen LogP) is 1.29. The first-order valence-corrected chi connectivity index (χ1v) is 6.79. The summed E-state index contributed by atoms with van der Waals surface area (Å²) in [7, 11) is 1.83. The van der Waals surface area contributed by atoms with Gasteiger partial charge < -0.3 is 20.1 Å². The number of aliphatic hydroxyl groups excluding tert-OH is 1. The molecule has 1 unspecified atom stereocenters. The first kappa shape index (κ1) is 13.1. The summed E-state index contributed by atoms with van der Waals surface area (Å²) in [6.07, 6.45) is 0.526. The Labute approximate surface area is 117 Å². The van der Waals surface area contributed by atoms with Crippen molar-refractivity contribution < 1.29 is 10.2 Å². The minimum absolute atomic E-state index is 0.0380. The van der Waals surface area contributed by atoms with Gasteiger partial charge >= 0.3 is 0 Å². The van der Waals surface area contributed by atoms with Gasteiger partial charge in [-0.25, -0.2) is 0 Å². The van der Waals surface area contributed by atoms with Crippen LogP contribution >= 0.6 is 0 Å². The molecule has 1 aromatic heterocycles. The number of aromatic amines is 1. The summed E-state index contributed by atoms with van der Waals surface area (Å²) in [5.74, 6) is 0.562. The van der Waals surface area contributed by atoms with Crippen LogP contribution in [-0.2, 0) is 0 Å². The fourth-order valence-corrected chi connectivity index (χ4v) is 2.90. The van der Waals surface area contributed by atoms with Crippen LogP contribution in [0.2, 0.25) is 0 Å². The summed E-state index contributed by atoms with van der Waals surface area (Å²) in [4.78, 5) is 9.54. The second-order valence-electron chi connectivity index (χ2n) is 5.39. The Balaban J connectivity index is 1.92. The van der Waals surface area contributed by atoms with Gasteiger partial charge in [0.25, 0.3) is 0 Å². The van der Waals surface area contributed by atoms with Gasteiger partial charge in [0.2, 0.25) is 6.29 Å². The van der Waals surface area contributed by atoms with Gasteiger partial charge in [0.05, 0.1) is 6.04 Å². The third-order valence-corrected chi connectivity index (χ3v) is 4.07. The summed E-state index contributed by atoms with van der Waals surface area (Å²) < 4.78 is 0. The zero-order chi connectivity index (χ0) is 14.3. The van der Waals surface area contributed by atoms with Gasteiger partial charge in [0.1, 0.15) is 0 Å². The molecule has 3 N–H and O–H groups in total. The third kappa shape index (κ3) is 2.09. The molecule has 1 aromatic carbocycles. The maximum Gasteiger partial charge on any atom is 0.211 e. The molecule has 0 aliphatic carbocycles. The number of nitrogens with one attached hydrogen (secondary N) is 1. The number of hydrogen-bond acceptors (Lipinski definition) is 4. The fraction of sp³-hybridized carbons (Fsp3) is 0.400. The fourth-order valence-electron chi connectivity index (χ4n) is 2.90. The largest absolute Gasteiger partial charge is 0.362 e. The van der Waals surface area contributed by atoms with E-state index in [-0.39, 0.29) is 12.0 Å². The normalized spacial score (nSPS) is 20.8. The second-order valence-corrected chi connectivity index (χ2v) is 5.39. The smallest absolute Gasteiger partial charge is 0.211 e. The van der Waals surface area contributed by atoms with Crippen LogP contribution in [0, 0.1) is 0 Å². The third-order valence-electron chi connectivity index (χ3n) is 4.07. The number of aliphatic hydroxyl groups is 2. The number of hydrogen-bond donors (Lipinski definition) is 3. The zero-order valence-electron chi connectivity index (χ0n) is 11.6. The number of para-hydroxylation sites is 1. The van der Waals surface area contributed by atoms with Crippen molar-refractivity contribution in [2.24, 2.45) is 4.99 Å². The maximum absolute atomic E-state index is 9.30. The van der Waals surface area contributed by atoms with Crippen LogP contribution in [0.1, 0.15) is 18.4 Å². The molecule has 106 valence electrons. The molecule has 2 heterocycles. The van der Waals surface area contributed by atoms with Crippen molar-refractivity contribution in [3.8, 4) is 0 Å². The second kappa shape index (κ2) is 4.92. The van der Waals surface area contributed by atoms with E-state index < -0.39 is 6.29 Å². The molecule has 0 bridgehead atoms. The lowest BCUT2D eigenvalue weighted by Crippen LogP contribution is -2.33. The minimum atomic E-state index is -1.50. The number of H-pyrrole nitrogens is 1. The highest BCUT2D eigenvalue weighted by Gasteiger charge is 2.31. The molecule has 0 radical (unpaired) electrons. The minimum Gasteiger partial charge on any atom is -0.362 e. The highest BCUT2D eigenvalue weighted by Crippen LogP contribution is 2.31. The average molecular weight is 273 g/mol. The molecule has 0 saturated heterocycles. The molecule has 0 fully saturated rings. The van der Waals surface area contributed by atoms with Gasteiger partial charge in [-0.1, -0.05) is 25.1 Å². The lowest BCUT2D eigenvalue weighted by Gasteiger charge is -2.18. The molecule has 2 aromatic rings. The Kier molecular flexibility index (Phi) is 3.23. The van der Waals surface area contributed by atoms with E-state index in [0.717, 1.165) is 5.52 Å². The number of aliphatic imine (C=N–C) groups is 1. The SMILES string of the molecule is CC(c1c[nH]c2ccccc12)[C@H]1CN(C)C(C(O)O)=N1. The van der Waals surface area contributed by atoms with Crippen molar-refractivity contribution in [2.45, 2.75) is 25.2 Å². The number of aromatic nitrogens is 1. The first-order chi connectivity index (χ1) is 9.58. The van der Waals surface area contributed by atoms with Crippen molar-refractivity contribution in [3.05, 3.63) is 36.0 Å². The predicted molar refractivity (Wildman–Crippen MR) is 78.8 cm³/mol. The summed E-state index contributed by atoms with van der Waals surface area (Å²) in [5.41, 5.74) is 2.34. The van der Waals surface area contributed by atoms with Crippen molar-refractivity contribution in [1.29, 1.82) is 0 Å². The van der Waals surface area contributed by atoms with E-state index in [2.05, 4.69) is 29.0 Å². The van der Waals surface area contributed by atoms with E-state index in [0.29, 0.717) is 12.4 Å². The Hall–Kier alpha value is -1.85. The molecule has 1 aliphatic heterocycles. The van der Waals surface area contributed by atoms with Gasteiger partial charge in [-0.05, 0) is 11.6 Å². The van der Waals surface area contributed by atoms with Gasteiger partial charge in [-0.15, -0.1) is 0 Å². The summed E-state index contributed by atoms with van der Waals surface area (Å²) >= 11 is 0. The van der Waals surface area contributed by atoms with Crippen LogP contribution in [0.15, 0.2) is 35.5 Å². The van der Waals surface area contributed by atoms with E-state index in [1.165, 1.54) is 10.9 Å². The standard InChI is InChI=1S/C15H19N3O2/c1-9(13-8-18(2)14(17-13)15(19)20)11-7-16-12-6-4-3-5-10(11)12/h3-7,9,13,15-16,19-20H,8H2,1-2H3/t9?,13-/m1/s1. The molecule has 5 nitrogen and oxygen atoms in total. The quantitative estimate of drug-likeness (QED) is 0.738. The molecular weight excluding hydrogens is 254 g/mol. The lowest BCUT2D eigenvalue weighted by molar-refractivity contribution is 0.0123. The van der Waals surface area contributed by atoms with Gasteiger partial charge in [-0.3, -0.25) is 4.99 Å². The van der Waals surface area contributed by atoms with E-state index >= 15 is 0 Å². The van der Waals surface area contributed by atoms with Gasteiger partial charge in [0.15, 0.2) is 5.84 Å². The van der Waals surface area contributed by atoms with E-state index in [9.17, 15) is 10.2 Å². The molecule has 1 aliphatic rings. The number of amidine groups is 1. The molecular formula is C15H19N3O2. The number of rotatable bonds is 3. The molecule has 0 amide bonds. The first-order valence-electron chi connectivity index (χ1n) is 6.79. The van der Waals surface area contributed by atoms with Crippen LogP contribution in [0.5, 0.6) is 0 Å². The molecule has 20 heavy (non-hydrogen) atoms. The number of fused-ring (bicyclic) bond motifs is 1. The Morgan fingerprint density at radius 1 is 1.35 bits per heavy atom. The average Bonchev–Trinajstić information content (AvgIpc) is 3.01. The topological polar surface area (TPSA) is 71.9 Å². The molecule has 0 spiro atoms. The number of nitrogens with zero attached hydrogens (tertiary/aromatic N) is 2.